The van der Waals surface area contributed by atoms with E-state index < -0.39 is 5.60 Å². The fraction of sp³-hybridized carbons (Fsp3) is 0.533. The fourth-order valence-corrected chi connectivity index (χ4v) is 1.87. The number of rotatable bonds is 8. The Kier molecular flexibility index (Phi) is 6.95. The predicted octanol–water partition coefficient (Wildman–Crippen LogP) is 3.12. The molecule has 0 aliphatic carbocycles. The molecule has 118 valence electrons. The van der Waals surface area contributed by atoms with Crippen LogP contribution >= 0.6 is 11.6 Å². The van der Waals surface area contributed by atoms with Crippen molar-refractivity contribution in [2.75, 3.05) is 32.2 Å². The first-order valence-electron chi connectivity index (χ1n) is 6.77. The third kappa shape index (κ3) is 5.53. The van der Waals surface area contributed by atoms with E-state index in [0.717, 1.165) is 0 Å². The van der Waals surface area contributed by atoms with Crippen molar-refractivity contribution in [3.05, 3.63) is 23.2 Å². The van der Waals surface area contributed by atoms with E-state index in [1.165, 1.54) is 0 Å². The highest BCUT2D eigenvalue weighted by molar-refractivity contribution is 6.32. The molecular weight excluding hydrogens is 294 g/mol. The molecule has 0 unspecified atom stereocenters. The van der Waals surface area contributed by atoms with E-state index in [4.69, 9.17) is 25.8 Å². The second-order valence-electron chi connectivity index (χ2n) is 4.88. The summed E-state index contributed by atoms with van der Waals surface area (Å²) in [6, 6.07) is 5.08. The highest BCUT2D eigenvalue weighted by Gasteiger charge is 2.28. The van der Waals surface area contributed by atoms with Gasteiger partial charge in [0, 0.05) is 19.4 Å². The van der Waals surface area contributed by atoms with Gasteiger partial charge in [-0.05, 0) is 39.0 Å². The summed E-state index contributed by atoms with van der Waals surface area (Å²) in [6.45, 7) is 6.65. The maximum absolute atomic E-state index is 12.1. The zero-order valence-corrected chi connectivity index (χ0v) is 13.6. The molecule has 1 rings (SSSR count). The number of amides is 1. The highest BCUT2D eigenvalue weighted by Crippen LogP contribution is 2.28. The maximum atomic E-state index is 12.1. The molecule has 0 heterocycles. The van der Waals surface area contributed by atoms with Crippen LogP contribution in [0.5, 0.6) is 5.75 Å². The van der Waals surface area contributed by atoms with Gasteiger partial charge >= 0.3 is 0 Å². The lowest BCUT2D eigenvalue weighted by Gasteiger charge is -2.23. The normalized spacial score (nSPS) is 11.3. The van der Waals surface area contributed by atoms with Gasteiger partial charge in [-0.2, -0.15) is 0 Å². The van der Waals surface area contributed by atoms with Crippen LogP contribution in [0.3, 0.4) is 0 Å². The Morgan fingerprint density at radius 1 is 1.33 bits per heavy atom. The molecule has 5 nitrogen and oxygen atoms in total. The van der Waals surface area contributed by atoms with Gasteiger partial charge in [0.2, 0.25) is 0 Å². The summed E-state index contributed by atoms with van der Waals surface area (Å²) in [5.74, 6) is 0.323. The number of carbonyl (C=O) groups is 1. The van der Waals surface area contributed by atoms with Crippen LogP contribution in [-0.2, 0) is 14.3 Å². The number of nitrogens with one attached hydrogen (secondary N) is 1. The van der Waals surface area contributed by atoms with Crippen LogP contribution in [-0.4, -0.2) is 38.4 Å². The van der Waals surface area contributed by atoms with Crippen molar-refractivity contribution < 1.29 is 19.0 Å². The Labute approximate surface area is 130 Å². The maximum Gasteiger partial charge on any atom is 0.256 e. The zero-order valence-electron chi connectivity index (χ0n) is 12.9. The van der Waals surface area contributed by atoms with Gasteiger partial charge in [0.25, 0.3) is 5.91 Å². The fourth-order valence-electron chi connectivity index (χ4n) is 1.64. The number of halogens is 1. The number of hydrogen-bond donors (Lipinski definition) is 1. The first-order valence-corrected chi connectivity index (χ1v) is 7.15. The van der Waals surface area contributed by atoms with E-state index in [-0.39, 0.29) is 5.91 Å². The van der Waals surface area contributed by atoms with Gasteiger partial charge in [0.1, 0.15) is 18.0 Å². The molecule has 1 amide bonds. The van der Waals surface area contributed by atoms with Gasteiger partial charge < -0.3 is 19.5 Å². The Morgan fingerprint density at radius 3 is 2.62 bits per heavy atom. The molecule has 0 saturated heterocycles. The molecular formula is C15H22ClNO4. The number of ether oxygens (including phenoxy) is 3. The van der Waals surface area contributed by atoms with Gasteiger partial charge in [-0.1, -0.05) is 11.6 Å². The van der Waals surface area contributed by atoms with Crippen LogP contribution in [0.25, 0.3) is 0 Å². The topological polar surface area (TPSA) is 56.8 Å². The lowest BCUT2D eigenvalue weighted by molar-refractivity contribution is -0.136. The Morgan fingerprint density at radius 2 is 2.05 bits per heavy atom. The predicted molar refractivity (Wildman–Crippen MR) is 83.2 cm³/mol. The molecule has 0 aromatic heterocycles. The molecule has 0 bridgehead atoms. The van der Waals surface area contributed by atoms with Crippen LogP contribution in [0.4, 0.5) is 5.69 Å². The minimum absolute atomic E-state index is 0.228. The number of anilines is 1. The minimum Gasteiger partial charge on any atom is -0.490 e. The van der Waals surface area contributed by atoms with Crippen LogP contribution in [0.15, 0.2) is 18.2 Å². The first-order chi connectivity index (χ1) is 9.90. The SMILES string of the molecule is CCOC(C)(C)C(=O)Nc1ccc(OCCOC)c(Cl)c1. The molecule has 0 aliphatic heterocycles. The average molecular weight is 316 g/mol. The van der Waals surface area contributed by atoms with Crippen molar-refractivity contribution in [3.63, 3.8) is 0 Å². The van der Waals surface area contributed by atoms with Crippen molar-refractivity contribution in [2.24, 2.45) is 0 Å². The largest absolute Gasteiger partial charge is 0.490 e. The van der Waals surface area contributed by atoms with Crippen molar-refractivity contribution in [2.45, 2.75) is 26.4 Å². The molecule has 0 saturated carbocycles. The van der Waals surface area contributed by atoms with Crippen LogP contribution in [0.1, 0.15) is 20.8 Å². The molecule has 21 heavy (non-hydrogen) atoms. The monoisotopic (exact) mass is 315 g/mol. The molecule has 0 aliphatic rings. The van der Waals surface area contributed by atoms with Crippen molar-refractivity contribution >= 4 is 23.2 Å². The van der Waals surface area contributed by atoms with Gasteiger partial charge in [0.05, 0.1) is 11.6 Å². The Bertz CT molecular complexity index is 477. The number of methoxy groups -OCH3 is 1. The van der Waals surface area contributed by atoms with E-state index in [1.54, 1.807) is 39.2 Å². The lowest BCUT2D eigenvalue weighted by atomic mass is 10.1. The van der Waals surface area contributed by atoms with Crippen LogP contribution < -0.4 is 10.1 Å². The van der Waals surface area contributed by atoms with Crippen LogP contribution in [0.2, 0.25) is 5.02 Å². The highest BCUT2D eigenvalue weighted by atomic mass is 35.5. The van der Waals surface area contributed by atoms with Crippen LogP contribution in [0, 0.1) is 0 Å². The van der Waals surface area contributed by atoms with Crippen molar-refractivity contribution in [3.8, 4) is 5.75 Å². The second kappa shape index (κ2) is 8.22. The summed E-state index contributed by atoms with van der Waals surface area (Å²) in [5, 5.41) is 3.20. The van der Waals surface area contributed by atoms with Crippen molar-refractivity contribution in [1.29, 1.82) is 0 Å². The molecule has 0 spiro atoms. The Hall–Kier alpha value is -1.30. The molecule has 6 heteroatoms. The second-order valence-corrected chi connectivity index (χ2v) is 5.29. The van der Waals surface area contributed by atoms with E-state index in [2.05, 4.69) is 5.32 Å². The third-order valence-electron chi connectivity index (χ3n) is 2.79. The molecule has 1 N–H and O–H groups in total. The summed E-state index contributed by atoms with van der Waals surface area (Å²) >= 11 is 6.12. The summed E-state index contributed by atoms with van der Waals surface area (Å²) in [4.78, 5) is 12.1. The molecule has 1 aromatic rings. The standard InChI is InChI=1S/C15H22ClNO4/c1-5-21-15(2,3)14(18)17-11-6-7-13(12(16)10-11)20-9-8-19-4/h6-7,10H,5,8-9H2,1-4H3,(H,17,18). The number of carbonyl (C=O) groups excluding carboxylic acids is 1. The molecule has 0 fully saturated rings. The molecule has 0 radical (unpaired) electrons. The van der Waals surface area contributed by atoms with E-state index >= 15 is 0 Å². The van der Waals surface area contributed by atoms with Crippen molar-refractivity contribution in [1.82, 2.24) is 0 Å². The van der Waals surface area contributed by atoms with E-state index in [9.17, 15) is 4.79 Å². The van der Waals surface area contributed by atoms with E-state index in [0.29, 0.717) is 36.3 Å². The summed E-state index contributed by atoms with van der Waals surface area (Å²) in [5.41, 5.74) is -0.300. The average Bonchev–Trinajstić information content (AvgIpc) is 2.41. The van der Waals surface area contributed by atoms with Gasteiger partial charge in [0.15, 0.2) is 0 Å². The first kappa shape index (κ1) is 17.8. The number of benzene rings is 1. The summed E-state index contributed by atoms with van der Waals surface area (Å²) in [7, 11) is 1.60. The molecule has 0 atom stereocenters. The third-order valence-corrected chi connectivity index (χ3v) is 3.08. The Balaban J connectivity index is 2.69. The summed E-state index contributed by atoms with van der Waals surface area (Å²) < 4.78 is 15.7. The summed E-state index contributed by atoms with van der Waals surface area (Å²) in [6.07, 6.45) is 0. The quantitative estimate of drug-likeness (QED) is 0.749. The van der Waals surface area contributed by atoms with E-state index in [1.807, 2.05) is 6.92 Å². The number of hydrogen-bond acceptors (Lipinski definition) is 4. The smallest absolute Gasteiger partial charge is 0.256 e. The van der Waals surface area contributed by atoms with Gasteiger partial charge in [-0.25, -0.2) is 0 Å². The minimum atomic E-state index is -0.894. The molecule has 1 aromatic carbocycles. The zero-order chi connectivity index (χ0) is 15.9. The lowest BCUT2D eigenvalue weighted by Crippen LogP contribution is -2.39. The van der Waals surface area contributed by atoms with Gasteiger partial charge in [-0.15, -0.1) is 0 Å². The van der Waals surface area contributed by atoms with Gasteiger partial charge in [-0.3, -0.25) is 4.79 Å².